The fourth-order valence-corrected chi connectivity index (χ4v) is 4.96. The molecule has 4 rings (SSSR count). The molecule has 0 atom stereocenters. The maximum Gasteiger partial charge on any atom is 0.261 e. The summed E-state index contributed by atoms with van der Waals surface area (Å²) in [6.07, 6.45) is 1.47. The molecule has 31 heavy (non-hydrogen) atoms. The largest absolute Gasteiger partial charge is 0.393 e. The molecule has 0 unspecified atom stereocenters. The second-order valence-corrected chi connectivity index (χ2v) is 8.83. The van der Waals surface area contributed by atoms with Gasteiger partial charge in [0.15, 0.2) is 0 Å². The monoisotopic (exact) mass is 458 g/mol. The number of likely N-dealkylation sites (tertiary alicyclic amines) is 1. The van der Waals surface area contributed by atoms with Crippen LogP contribution >= 0.6 is 22.7 Å². The van der Waals surface area contributed by atoms with Crippen LogP contribution in [0.15, 0.2) is 28.7 Å². The molecule has 0 bridgehead atoms. The lowest BCUT2D eigenvalue weighted by atomic mass is 10.1. The van der Waals surface area contributed by atoms with Crippen LogP contribution in [-0.4, -0.2) is 58.6 Å². The normalized spacial score (nSPS) is 14.4. The number of oxime groups is 1. The number of aromatic nitrogens is 2. The third-order valence-electron chi connectivity index (χ3n) is 4.73. The summed E-state index contributed by atoms with van der Waals surface area (Å²) < 4.78 is 0. The first kappa shape index (κ1) is 21.2. The van der Waals surface area contributed by atoms with E-state index in [2.05, 4.69) is 20.4 Å². The Morgan fingerprint density at radius 3 is 2.97 bits per heavy atom. The third kappa shape index (κ3) is 4.67. The highest BCUT2D eigenvalue weighted by Crippen LogP contribution is 2.29. The fraction of sp³-hybridized carbons (Fsp3) is 0.350. The quantitative estimate of drug-likeness (QED) is 0.304. The number of nitrogens with zero attached hydrogens (tertiary/aromatic N) is 4. The molecular formula is C20H22N6O3S2. The molecule has 0 aromatic carbocycles. The number of carbonyl (C=O) groups is 2. The topological polar surface area (TPSA) is 123 Å². The first-order valence-corrected chi connectivity index (χ1v) is 11.6. The van der Waals surface area contributed by atoms with Crippen molar-refractivity contribution in [2.45, 2.75) is 19.8 Å². The number of carbonyl (C=O) groups excluding carboxylic acids is 2. The van der Waals surface area contributed by atoms with E-state index in [1.54, 1.807) is 11.0 Å². The van der Waals surface area contributed by atoms with Gasteiger partial charge in [-0.1, -0.05) is 11.2 Å². The lowest BCUT2D eigenvalue weighted by Gasteiger charge is -2.14. The molecule has 162 valence electrons. The Hall–Kier alpha value is -3.05. The Morgan fingerprint density at radius 1 is 1.39 bits per heavy atom. The number of hydrogen-bond acceptors (Lipinski definition) is 9. The van der Waals surface area contributed by atoms with Crippen molar-refractivity contribution in [2.24, 2.45) is 5.16 Å². The van der Waals surface area contributed by atoms with Crippen LogP contribution in [0.3, 0.4) is 0 Å². The van der Waals surface area contributed by atoms with Crippen LogP contribution in [0, 0.1) is 0 Å². The van der Waals surface area contributed by atoms with Gasteiger partial charge in [0.25, 0.3) is 5.91 Å². The summed E-state index contributed by atoms with van der Waals surface area (Å²) >= 11 is 2.75. The van der Waals surface area contributed by atoms with Gasteiger partial charge in [0.05, 0.1) is 16.3 Å². The van der Waals surface area contributed by atoms with Gasteiger partial charge in [0.2, 0.25) is 11.9 Å². The van der Waals surface area contributed by atoms with Crippen LogP contribution < -0.4 is 11.1 Å². The Labute approximate surface area is 186 Å². The summed E-state index contributed by atoms with van der Waals surface area (Å²) in [4.78, 5) is 42.1. The molecule has 0 saturated carbocycles. The summed E-state index contributed by atoms with van der Waals surface area (Å²) in [5, 5.41) is 9.76. The molecule has 1 aliphatic heterocycles. The van der Waals surface area contributed by atoms with Gasteiger partial charge < -0.3 is 20.8 Å². The predicted molar refractivity (Wildman–Crippen MR) is 122 cm³/mol. The molecule has 0 aliphatic carbocycles. The molecule has 4 heterocycles. The summed E-state index contributed by atoms with van der Waals surface area (Å²) in [5.74, 6) is 0.0717. The number of nitrogen functional groups attached to an aromatic ring is 1. The predicted octanol–water partition coefficient (Wildman–Crippen LogP) is 2.48. The first-order valence-electron chi connectivity index (χ1n) is 9.94. The van der Waals surface area contributed by atoms with Crippen molar-refractivity contribution in [1.29, 1.82) is 0 Å². The number of nitrogens with one attached hydrogen (secondary N) is 1. The van der Waals surface area contributed by atoms with Crippen molar-refractivity contribution in [1.82, 2.24) is 20.2 Å². The molecule has 1 fully saturated rings. The number of fused-ring (bicyclic) bond motifs is 1. The third-order valence-corrected chi connectivity index (χ3v) is 6.63. The lowest BCUT2D eigenvalue weighted by molar-refractivity contribution is -0.128. The van der Waals surface area contributed by atoms with Crippen molar-refractivity contribution >= 4 is 56.4 Å². The minimum atomic E-state index is -0.170. The molecular weight excluding hydrogens is 436 g/mol. The second kappa shape index (κ2) is 9.40. The van der Waals surface area contributed by atoms with Gasteiger partial charge in [-0.3, -0.25) is 9.59 Å². The van der Waals surface area contributed by atoms with E-state index in [0.717, 1.165) is 17.8 Å². The van der Waals surface area contributed by atoms with E-state index in [4.69, 9.17) is 10.6 Å². The van der Waals surface area contributed by atoms with Crippen LogP contribution in [0.1, 0.15) is 40.0 Å². The summed E-state index contributed by atoms with van der Waals surface area (Å²) in [5.41, 5.74) is 6.98. The molecule has 0 spiro atoms. The number of thiophene rings is 2. The standard InChI is InChI=1S/C20H22N6O3S2/c1-2-22-18(28)14-11-12-16(23-20(21)24-19(12)31-14)17(13-5-4-10-30-13)25-29-9-8-26-7-3-6-15(26)27/h4-5,10-11H,2-3,6-9H2,1H3,(H,22,28)(H2,21,23,24). The maximum absolute atomic E-state index is 12.3. The van der Waals surface area contributed by atoms with Crippen molar-refractivity contribution in [3.8, 4) is 0 Å². The Balaban J connectivity index is 1.66. The average molecular weight is 459 g/mol. The average Bonchev–Trinajstić information content (AvgIpc) is 3.49. The molecule has 1 aliphatic rings. The van der Waals surface area contributed by atoms with Gasteiger partial charge in [0.1, 0.15) is 22.8 Å². The maximum atomic E-state index is 12.3. The number of amides is 2. The molecule has 3 aromatic heterocycles. The molecule has 2 amide bonds. The summed E-state index contributed by atoms with van der Waals surface area (Å²) in [6, 6.07) is 5.58. The first-order chi connectivity index (χ1) is 15.1. The molecule has 9 nitrogen and oxygen atoms in total. The van der Waals surface area contributed by atoms with Gasteiger partial charge in [-0.15, -0.1) is 22.7 Å². The molecule has 3 N–H and O–H groups in total. The van der Waals surface area contributed by atoms with E-state index in [1.165, 1.54) is 22.7 Å². The fourth-order valence-electron chi connectivity index (χ4n) is 3.30. The van der Waals surface area contributed by atoms with Crippen molar-refractivity contribution < 1.29 is 14.4 Å². The van der Waals surface area contributed by atoms with Crippen molar-refractivity contribution in [2.75, 3.05) is 32.0 Å². The van der Waals surface area contributed by atoms with Crippen molar-refractivity contribution in [3.63, 3.8) is 0 Å². The zero-order valence-corrected chi connectivity index (χ0v) is 18.6. The highest BCUT2D eigenvalue weighted by atomic mass is 32.1. The minimum Gasteiger partial charge on any atom is -0.393 e. The van der Waals surface area contributed by atoms with E-state index < -0.39 is 0 Å². The van der Waals surface area contributed by atoms with E-state index in [1.807, 2.05) is 24.4 Å². The van der Waals surface area contributed by atoms with E-state index in [9.17, 15) is 9.59 Å². The van der Waals surface area contributed by atoms with Crippen LogP contribution in [0.25, 0.3) is 10.2 Å². The summed E-state index contributed by atoms with van der Waals surface area (Å²) in [6.45, 7) is 3.91. The zero-order valence-electron chi connectivity index (χ0n) is 17.0. The van der Waals surface area contributed by atoms with Crippen LogP contribution in [0.4, 0.5) is 5.95 Å². The number of anilines is 1. The Kier molecular flexibility index (Phi) is 6.42. The van der Waals surface area contributed by atoms with Gasteiger partial charge in [-0.25, -0.2) is 9.97 Å². The smallest absolute Gasteiger partial charge is 0.261 e. The lowest BCUT2D eigenvalue weighted by Crippen LogP contribution is -2.28. The van der Waals surface area contributed by atoms with E-state index >= 15 is 0 Å². The Bertz CT molecular complexity index is 1130. The molecule has 3 aromatic rings. The zero-order chi connectivity index (χ0) is 21.8. The highest BCUT2D eigenvalue weighted by molar-refractivity contribution is 7.20. The summed E-state index contributed by atoms with van der Waals surface area (Å²) in [7, 11) is 0. The number of nitrogens with two attached hydrogens (primary N) is 1. The Morgan fingerprint density at radius 2 is 2.26 bits per heavy atom. The minimum absolute atomic E-state index is 0.0960. The van der Waals surface area contributed by atoms with Crippen molar-refractivity contribution in [3.05, 3.63) is 39.0 Å². The van der Waals surface area contributed by atoms with Crippen LogP contribution in [0.2, 0.25) is 0 Å². The highest BCUT2D eigenvalue weighted by Gasteiger charge is 2.22. The van der Waals surface area contributed by atoms with E-state index in [-0.39, 0.29) is 24.4 Å². The van der Waals surface area contributed by atoms with Gasteiger partial charge >= 0.3 is 0 Å². The second-order valence-electron chi connectivity index (χ2n) is 6.85. The van der Waals surface area contributed by atoms with Gasteiger partial charge in [-0.2, -0.15) is 0 Å². The number of rotatable bonds is 8. The molecule has 11 heteroatoms. The van der Waals surface area contributed by atoms with Gasteiger partial charge in [0, 0.05) is 24.9 Å². The number of hydrogen-bond donors (Lipinski definition) is 2. The SMILES string of the molecule is CCNC(=O)c1cc2c(C(=NOCCN3CCCC3=O)c3cccs3)nc(N)nc2s1. The van der Waals surface area contributed by atoms with Crippen LogP contribution in [-0.2, 0) is 9.63 Å². The van der Waals surface area contributed by atoms with Gasteiger partial charge in [-0.05, 0) is 30.9 Å². The van der Waals surface area contributed by atoms with E-state index in [0.29, 0.717) is 46.0 Å². The molecule has 1 saturated heterocycles. The molecule has 0 radical (unpaired) electrons. The van der Waals surface area contributed by atoms with Crippen LogP contribution in [0.5, 0.6) is 0 Å².